The Bertz CT molecular complexity index is 267. The second-order valence-corrected chi connectivity index (χ2v) is 3.31. The van der Waals surface area contributed by atoms with Crippen molar-refractivity contribution in [1.29, 1.82) is 5.41 Å². The summed E-state index contributed by atoms with van der Waals surface area (Å²) in [5.41, 5.74) is 5.03. The third-order valence-corrected chi connectivity index (χ3v) is 2.01. The number of nitrogens with one attached hydrogen (secondary N) is 2. The summed E-state index contributed by atoms with van der Waals surface area (Å²) in [6.45, 7) is 1.76. The third-order valence-electron chi connectivity index (χ3n) is 2.01. The molecule has 2 atom stereocenters. The summed E-state index contributed by atoms with van der Waals surface area (Å²) in [7, 11) is 0. The molecular formula is C8H15N3O4. The number of carbonyl (C=O) groups is 2. The lowest BCUT2D eigenvalue weighted by atomic mass is 9.91. The van der Waals surface area contributed by atoms with Gasteiger partial charge >= 0.3 is 11.9 Å². The highest BCUT2D eigenvalue weighted by Gasteiger charge is 2.27. The third kappa shape index (κ3) is 5.50. The molecular weight excluding hydrogens is 202 g/mol. The number of hydrogen-bond donors (Lipinski definition) is 5. The zero-order chi connectivity index (χ0) is 12.0. The molecule has 6 N–H and O–H groups in total. The van der Waals surface area contributed by atoms with E-state index in [-0.39, 0.29) is 12.5 Å². The Morgan fingerprint density at radius 1 is 1.47 bits per heavy atom. The Kier molecular flexibility index (Phi) is 5.14. The summed E-state index contributed by atoms with van der Waals surface area (Å²) >= 11 is 0. The lowest BCUT2D eigenvalue weighted by Gasteiger charge is -2.18. The van der Waals surface area contributed by atoms with Gasteiger partial charge in [-0.15, -0.1) is 0 Å². The molecule has 7 nitrogen and oxygen atoms in total. The van der Waals surface area contributed by atoms with E-state index >= 15 is 0 Å². The summed E-state index contributed by atoms with van der Waals surface area (Å²) in [5.74, 6) is -3.97. The second-order valence-electron chi connectivity index (χ2n) is 3.31. The fourth-order valence-corrected chi connectivity index (χ4v) is 1.13. The molecule has 0 aliphatic carbocycles. The van der Waals surface area contributed by atoms with Crippen LogP contribution in [0.1, 0.15) is 13.3 Å². The first-order valence-corrected chi connectivity index (χ1v) is 4.37. The van der Waals surface area contributed by atoms with Crippen molar-refractivity contribution in [3.63, 3.8) is 0 Å². The van der Waals surface area contributed by atoms with Crippen LogP contribution < -0.4 is 11.1 Å². The molecule has 0 spiro atoms. The topological polar surface area (TPSA) is 136 Å². The Labute approximate surface area is 86.8 Å². The highest BCUT2D eigenvalue weighted by molar-refractivity contribution is 5.78. The Hall–Kier alpha value is -1.79. The molecule has 0 saturated carbocycles. The van der Waals surface area contributed by atoms with Crippen molar-refractivity contribution in [2.24, 2.45) is 17.6 Å². The van der Waals surface area contributed by atoms with Gasteiger partial charge in [-0.05, 0) is 5.92 Å². The van der Waals surface area contributed by atoms with Gasteiger partial charge in [0.25, 0.3) is 0 Å². The van der Waals surface area contributed by atoms with Crippen LogP contribution in [0.5, 0.6) is 0 Å². The smallest absolute Gasteiger partial charge is 0.307 e. The van der Waals surface area contributed by atoms with Crippen molar-refractivity contribution < 1.29 is 19.8 Å². The SMILES string of the molecule is CC(CNC(=N)N)C(CC(=O)O)C(=O)O. The Balaban J connectivity index is 4.28. The van der Waals surface area contributed by atoms with Gasteiger partial charge in [-0.25, -0.2) is 0 Å². The predicted molar refractivity (Wildman–Crippen MR) is 52.5 cm³/mol. The molecule has 0 aromatic heterocycles. The molecule has 0 aliphatic heterocycles. The number of guanidine groups is 1. The lowest BCUT2D eigenvalue weighted by Crippen LogP contribution is -2.38. The zero-order valence-corrected chi connectivity index (χ0v) is 8.36. The maximum atomic E-state index is 10.7. The van der Waals surface area contributed by atoms with Crippen LogP contribution in [0.4, 0.5) is 0 Å². The highest BCUT2D eigenvalue weighted by atomic mass is 16.4. The van der Waals surface area contributed by atoms with E-state index in [1.807, 2.05) is 0 Å². The van der Waals surface area contributed by atoms with Crippen molar-refractivity contribution in [1.82, 2.24) is 5.32 Å². The summed E-state index contributed by atoms with van der Waals surface area (Å²) in [5, 5.41) is 26.6. The van der Waals surface area contributed by atoms with Crippen LogP contribution in [0.15, 0.2) is 0 Å². The average Bonchev–Trinajstić information content (AvgIpc) is 2.09. The number of aliphatic carboxylic acids is 2. The van der Waals surface area contributed by atoms with Crippen molar-refractivity contribution >= 4 is 17.9 Å². The Morgan fingerprint density at radius 3 is 2.33 bits per heavy atom. The standard InChI is InChI=1S/C8H15N3O4/c1-4(3-11-8(9)10)5(7(14)15)2-6(12)13/h4-5H,2-3H2,1H3,(H,12,13)(H,14,15)(H4,9,10,11). The molecule has 15 heavy (non-hydrogen) atoms. The first kappa shape index (κ1) is 13.2. The largest absolute Gasteiger partial charge is 0.481 e. The minimum absolute atomic E-state index is 0.166. The number of hydrogen-bond acceptors (Lipinski definition) is 3. The fraction of sp³-hybridized carbons (Fsp3) is 0.625. The first-order valence-electron chi connectivity index (χ1n) is 4.37. The van der Waals surface area contributed by atoms with Crippen molar-refractivity contribution in [3.05, 3.63) is 0 Å². The second kappa shape index (κ2) is 5.84. The minimum Gasteiger partial charge on any atom is -0.481 e. The Morgan fingerprint density at radius 2 is 2.00 bits per heavy atom. The van der Waals surface area contributed by atoms with Crippen LogP contribution in [0.3, 0.4) is 0 Å². The normalized spacial score (nSPS) is 13.9. The maximum Gasteiger partial charge on any atom is 0.307 e. The van der Waals surface area contributed by atoms with Gasteiger partial charge in [-0.1, -0.05) is 6.92 Å². The van der Waals surface area contributed by atoms with E-state index in [1.54, 1.807) is 6.92 Å². The summed E-state index contributed by atoms with van der Waals surface area (Å²) in [6.07, 6.45) is -0.434. The van der Waals surface area contributed by atoms with E-state index < -0.39 is 30.2 Å². The van der Waals surface area contributed by atoms with Crippen LogP contribution in [-0.4, -0.2) is 34.7 Å². The van der Waals surface area contributed by atoms with Crippen molar-refractivity contribution in [2.45, 2.75) is 13.3 Å². The molecule has 7 heteroatoms. The fourth-order valence-electron chi connectivity index (χ4n) is 1.13. The number of nitrogens with two attached hydrogens (primary N) is 1. The van der Waals surface area contributed by atoms with E-state index in [2.05, 4.69) is 5.32 Å². The molecule has 0 bridgehead atoms. The van der Waals surface area contributed by atoms with Crippen LogP contribution in [-0.2, 0) is 9.59 Å². The molecule has 0 rings (SSSR count). The van der Waals surface area contributed by atoms with Crippen molar-refractivity contribution in [3.8, 4) is 0 Å². The molecule has 2 unspecified atom stereocenters. The molecule has 0 fully saturated rings. The molecule has 0 amide bonds. The summed E-state index contributed by atoms with van der Waals surface area (Å²) in [4.78, 5) is 21.2. The molecule has 0 saturated heterocycles. The van der Waals surface area contributed by atoms with Gasteiger partial charge in [-0.2, -0.15) is 0 Å². The number of rotatable bonds is 6. The molecule has 0 aliphatic rings. The minimum atomic E-state index is -1.16. The molecule has 0 aromatic rings. The van der Waals surface area contributed by atoms with Gasteiger partial charge in [0.15, 0.2) is 5.96 Å². The average molecular weight is 217 g/mol. The van der Waals surface area contributed by atoms with Crippen LogP contribution in [0, 0.1) is 17.2 Å². The van der Waals surface area contributed by atoms with E-state index in [0.29, 0.717) is 0 Å². The monoisotopic (exact) mass is 217 g/mol. The van der Waals surface area contributed by atoms with Gasteiger partial charge < -0.3 is 21.3 Å². The summed E-state index contributed by atoms with van der Waals surface area (Å²) in [6, 6.07) is 0. The quantitative estimate of drug-likeness (QED) is 0.294. The van der Waals surface area contributed by atoms with Crippen molar-refractivity contribution in [2.75, 3.05) is 6.54 Å². The highest BCUT2D eigenvalue weighted by Crippen LogP contribution is 2.15. The van der Waals surface area contributed by atoms with E-state index in [9.17, 15) is 9.59 Å². The number of carboxylic acids is 2. The summed E-state index contributed by atoms with van der Waals surface area (Å²) < 4.78 is 0. The van der Waals surface area contributed by atoms with Gasteiger partial charge in [0.1, 0.15) is 0 Å². The number of carboxylic acid groups (broad SMARTS) is 2. The molecule has 0 radical (unpaired) electrons. The van der Waals surface area contributed by atoms with E-state index in [4.69, 9.17) is 21.4 Å². The van der Waals surface area contributed by atoms with Gasteiger partial charge in [-0.3, -0.25) is 15.0 Å². The molecule has 0 heterocycles. The molecule has 86 valence electrons. The van der Waals surface area contributed by atoms with Crippen LogP contribution in [0.25, 0.3) is 0 Å². The van der Waals surface area contributed by atoms with E-state index in [1.165, 1.54) is 0 Å². The maximum absolute atomic E-state index is 10.7. The van der Waals surface area contributed by atoms with Gasteiger partial charge in [0.05, 0.1) is 12.3 Å². The molecule has 0 aromatic carbocycles. The predicted octanol–water partition coefficient (Wildman–Crippen LogP) is -0.719. The van der Waals surface area contributed by atoms with E-state index in [0.717, 1.165) is 0 Å². The lowest BCUT2D eigenvalue weighted by molar-refractivity contribution is -0.150. The zero-order valence-electron chi connectivity index (χ0n) is 8.36. The van der Waals surface area contributed by atoms with Crippen LogP contribution >= 0.6 is 0 Å². The van der Waals surface area contributed by atoms with Gasteiger partial charge in [0, 0.05) is 6.54 Å². The van der Waals surface area contributed by atoms with Gasteiger partial charge in [0.2, 0.25) is 0 Å². The first-order chi connectivity index (χ1) is 6.84. The van der Waals surface area contributed by atoms with Crippen LogP contribution in [0.2, 0.25) is 0 Å².